The van der Waals surface area contributed by atoms with Gasteiger partial charge in [-0.05, 0) is 34.4 Å². The molecule has 2 amide bonds. The highest BCUT2D eigenvalue weighted by Gasteiger charge is 2.32. The predicted molar refractivity (Wildman–Crippen MR) is 96.7 cm³/mol. The SMILES string of the molecule is CN1CCN(Cc2cc(C(F)(F)F)ccc2-c2cccc(CC(=O)O)c2)C1=O. The maximum atomic E-state index is 13.2. The second-order valence-corrected chi connectivity index (χ2v) is 6.77. The molecule has 1 aliphatic rings. The first-order chi connectivity index (χ1) is 13.1. The summed E-state index contributed by atoms with van der Waals surface area (Å²) < 4.78 is 39.6. The number of halogens is 3. The van der Waals surface area contributed by atoms with Crippen molar-refractivity contribution in [2.75, 3.05) is 20.1 Å². The van der Waals surface area contributed by atoms with Gasteiger partial charge < -0.3 is 14.9 Å². The highest BCUT2D eigenvalue weighted by molar-refractivity contribution is 5.77. The highest BCUT2D eigenvalue weighted by Crippen LogP contribution is 2.34. The van der Waals surface area contributed by atoms with Crippen molar-refractivity contribution in [2.24, 2.45) is 0 Å². The van der Waals surface area contributed by atoms with Crippen LogP contribution in [0.5, 0.6) is 0 Å². The number of rotatable bonds is 5. The van der Waals surface area contributed by atoms with Gasteiger partial charge in [0.25, 0.3) is 0 Å². The number of aliphatic carboxylic acids is 1. The topological polar surface area (TPSA) is 60.9 Å². The number of carbonyl (C=O) groups is 2. The molecule has 0 radical (unpaired) electrons. The fraction of sp³-hybridized carbons (Fsp3) is 0.300. The summed E-state index contributed by atoms with van der Waals surface area (Å²) in [6.45, 7) is 0.997. The lowest BCUT2D eigenvalue weighted by atomic mass is 9.95. The molecule has 1 heterocycles. The van der Waals surface area contributed by atoms with Crippen molar-refractivity contribution in [3.8, 4) is 11.1 Å². The Hall–Kier alpha value is -3.03. The number of carbonyl (C=O) groups excluding carboxylic acids is 1. The third-order valence-electron chi connectivity index (χ3n) is 4.69. The third kappa shape index (κ3) is 4.27. The molecule has 8 heteroatoms. The lowest BCUT2D eigenvalue weighted by Gasteiger charge is -2.20. The molecule has 5 nitrogen and oxygen atoms in total. The van der Waals surface area contributed by atoms with Crippen LogP contribution in [0.25, 0.3) is 11.1 Å². The quantitative estimate of drug-likeness (QED) is 0.841. The summed E-state index contributed by atoms with van der Waals surface area (Å²) in [7, 11) is 1.64. The van der Waals surface area contributed by atoms with Gasteiger partial charge in [-0.1, -0.05) is 30.3 Å². The minimum Gasteiger partial charge on any atom is -0.481 e. The number of benzene rings is 2. The molecule has 1 saturated heterocycles. The Kier molecular flexibility index (Phi) is 5.31. The Labute approximate surface area is 160 Å². The van der Waals surface area contributed by atoms with Crippen LogP contribution in [-0.2, 0) is 23.9 Å². The van der Waals surface area contributed by atoms with Gasteiger partial charge in [-0.15, -0.1) is 0 Å². The molecule has 0 atom stereocenters. The zero-order chi connectivity index (χ0) is 20.5. The molecule has 1 aliphatic heterocycles. The minimum absolute atomic E-state index is 0.0472. The maximum absolute atomic E-state index is 13.2. The molecular weight excluding hydrogens is 373 g/mol. The fourth-order valence-electron chi connectivity index (χ4n) is 3.26. The third-order valence-corrected chi connectivity index (χ3v) is 4.69. The van der Waals surface area contributed by atoms with E-state index in [1.54, 1.807) is 31.3 Å². The predicted octanol–water partition coefficient (Wildman–Crippen LogP) is 3.87. The number of hydrogen-bond donors (Lipinski definition) is 1. The van der Waals surface area contributed by atoms with Gasteiger partial charge in [0.2, 0.25) is 0 Å². The zero-order valence-electron chi connectivity index (χ0n) is 15.2. The van der Waals surface area contributed by atoms with E-state index in [4.69, 9.17) is 5.11 Å². The van der Waals surface area contributed by atoms with Crippen LogP contribution in [0.3, 0.4) is 0 Å². The lowest BCUT2D eigenvalue weighted by Crippen LogP contribution is -2.29. The summed E-state index contributed by atoms with van der Waals surface area (Å²) in [6.07, 6.45) is -4.68. The number of alkyl halides is 3. The number of nitrogens with zero attached hydrogens (tertiary/aromatic N) is 2. The average Bonchev–Trinajstić information content (AvgIpc) is 2.93. The van der Waals surface area contributed by atoms with Crippen LogP contribution in [0.1, 0.15) is 16.7 Å². The van der Waals surface area contributed by atoms with Crippen molar-refractivity contribution in [3.63, 3.8) is 0 Å². The first kappa shape index (κ1) is 19.7. The van der Waals surface area contributed by atoms with Crippen LogP contribution in [0.4, 0.5) is 18.0 Å². The van der Waals surface area contributed by atoms with Gasteiger partial charge in [-0.3, -0.25) is 4.79 Å². The van der Waals surface area contributed by atoms with E-state index in [1.165, 1.54) is 15.9 Å². The first-order valence-electron chi connectivity index (χ1n) is 8.66. The van der Waals surface area contributed by atoms with Gasteiger partial charge in [0.15, 0.2) is 0 Å². The smallest absolute Gasteiger partial charge is 0.416 e. The first-order valence-corrected chi connectivity index (χ1v) is 8.66. The molecule has 3 rings (SSSR count). The lowest BCUT2D eigenvalue weighted by molar-refractivity contribution is -0.138. The molecule has 1 fully saturated rings. The van der Waals surface area contributed by atoms with Crippen LogP contribution >= 0.6 is 0 Å². The zero-order valence-corrected chi connectivity index (χ0v) is 15.2. The molecule has 28 heavy (non-hydrogen) atoms. The molecule has 0 unspecified atom stereocenters. The second kappa shape index (κ2) is 7.53. The number of amides is 2. The van der Waals surface area contributed by atoms with E-state index in [1.807, 2.05) is 0 Å². The highest BCUT2D eigenvalue weighted by atomic mass is 19.4. The molecule has 1 N–H and O–H groups in total. The Morgan fingerprint density at radius 1 is 1.14 bits per heavy atom. The average molecular weight is 392 g/mol. The molecule has 2 aromatic rings. The summed E-state index contributed by atoms with van der Waals surface area (Å²) >= 11 is 0. The number of likely N-dealkylation sites (N-methyl/N-ethyl adjacent to an activating group) is 1. The molecular formula is C20H19F3N2O3. The van der Waals surface area contributed by atoms with Gasteiger partial charge >= 0.3 is 18.2 Å². The van der Waals surface area contributed by atoms with Crippen molar-refractivity contribution >= 4 is 12.0 Å². The van der Waals surface area contributed by atoms with E-state index in [0.29, 0.717) is 35.3 Å². The molecule has 148 valence electrons. The van der Waals surface area contributed by atoms with Crippen LogP contribution < -0.4 is 0 Å². The summed E-state index contributed by atoms with van der Waals surface area (Å²) in [5, 5.41) is 8.98. The number of carboxylic acid groups (broad SMARTS) is 1. The Morgan fingerprint density at radius 3 is 2.50 bits per heavy atom. The summed E-state index contributed by atoms with van der Waals surface area (Å²) in [4.78, 5) is 26.2. The fourth-order valence-corrected chi connectivity index (χ4v) is 3.26. The largest absolute Gasteiger partial charge is 0.481 e. The van der Waals surface area contributed by atoms with Gasteiger partial charge in [0.1, 0.15) is 0 Å². The molecule has 2 aromatic carbocycles. The van der Waals surface area contributed by atoms with Gasteiger partial charge in [0.05, 0.1) is 12.0 Å². The van der Waals surface area contributed by atoms with E-state index < -0.39 is 17.7 Å². The van der Waals surface area contributed by atoms with Gasteiger partial charge in [-0.25, -0.2) is 4.79 Å². The molecule has 0 spiro atoms. The van der Waals surface area contributed by atoms with E-state index in [9.17, 15) is 22.8 Å². The Morgan fingerprint density at radius 2 is 1.89 bits per heavy atom. The van der Waals surface area contributed by atoms with E-state index in [-0.39, 0.29) is 19.0 Å². The van der Waals surface area contributed by atoms with Gasteiger partial charge in [-0.2, -0.15) is 13.2 Å². The molecule has 0 bridgehead atoms. The normalized spacial score (nSPS) is 14.6. The van der Waals surface area contributed by atoms with Crippen LogP contribution in [0.15, 0.2) is 42.5 Å². The minimum atomic E-state index is -4.50. The number of hydrogen-bond acceptors (Lipinski definition) is 2. The van der Waals surface area contributed by atoms with Crippen molar-refractivity contribution in [2.45, 2.75) is 19.1 Å². The standard InChI is InChI=1S/C20H19F3N2O3/c1-24-7-8-25(19(24)28)12-15-11-16(20(21,22)23)5-6-17(15)14-4-2-3-13(9-14)10-18(26)27/h2-6,9,11H,7-8,10,12H2,1H3,(H,26,27). The second-order valence-electron chi connectivity index (χ2n) is 6.77. The molecule has 0 aliphatic carbocycles. The Balaban J connectivity index is 2.02. The molecule has 0 aromatic heterocycles. The van der Waals surface area contributed by atoms with E-state index >= 15 is 0 Å². The van der Waals surface area contributed by atoms with Gasteiger partial charge in [0, 0.05) is 26.7 Å². The molecule has 0 saturated carbocycles. The Bertz CT molecular complexity index is 912. The monoisotopic (exact) mass is 392 g/mol. The number of urea groups is 1. The number of carboxylic acids is 1. The van der Waals surface area contributed by atoms with Crippen molar-refractivity contribution in [1.82, 2.24) is 9.80 Å². The summed E-state index contributed by atoms with van der Waals surface area (Å²) in [5.74, 6) is -0.990. The van der Waals surface area contributed by atoms with Crippen LogP contribution in [0, 0.1) is 0 Å². The van der Waals surface area contributed by atoms with Crippen LogP contribution in [0.2, 0.25) is 0 Å². The maximum Gasteiger partial charge on any atom is 0.416 e. The summed E-state index contributed by atoms with van der Waals surface area (Å²) in [5.41, 5.74) is 1.29. The van der Waals surface area contributed by atoms with Crippen LogP contribution in [-0.4, -0.2) is 47.0 Å². The van der Waals surface area contributed by atoms with E-state index in [2.05, 4.69) is 0 Å². The van der Waals surface area contributed by atoms with E-state index in [0.717, 1.165) is 12.1 Å². The van der Waals surface area contributed by atoms with Crippen molar-refractivity contribution in [1.29, 1.82) is 0 Å². The van der Waals surface area contributed by atoms with Crippen molar-refractivity contribution < 1.29 is 27.9 Å². The van der Waals surface area contributed by atoms with Crippen molar-refractivity contribution in [3.05, 3.63) is 59.2 Å². The summed E-state index contributed by atoms with van der Waals surface area (Å²) in [6, 6.07) is 9.90.